The van der Waals surface area contributed by atoms with Crippen LogP contribution in [-0.2, 0) is 4.79 Å². The summed E-state index contributed by atoms with van der Waals surface area (Å²) in [5, 5.41) is 3.48. The van der Waals surface area contributed by atoms with Crippen molar-refractivity contribution in [2.24, 2.45) is 0 Å². The second-order valence-corrected chi connectivity index (χ2v) is 7.55. The molecule has 1 aliphatic rings. The zero-order chi connectivity index (χ0) is 20.8. The minimum absolute atomic E-state index is 0.0187. The summed E-state index contributed by atoms with van der Waals surface area (Å²) in [5.74, 6) is 0.850. The van der Waals surface area contributed by atoms with Crippen molar-refractivity contribution in [1.29, 1.82) is 0 Å². The summed E-state index contributed by atoms with van der Waals surface area (Å²) in [5.41, 5.74) is 3.53. The lowest BCUT2D eigenvalue weighted by atomic mass is 9.98. The molecule has 1 fully saturated rings. The van der Waals surface area contributed by atoms with Gasteiger partial charge in [-0.2, -0.15) is 0 Å². The summed E-state index contributed by atoms with van der Waals surface area (Å²) in [7, 11) is 0. The number of carbonyl (C=O) groups is 1. The van der Waals surface area contributed by atoms with Gasteiger partial charge in [0, 0.05) is 38.6 Å². The van der Waals surface area contributed by atoms with E-state index in [2.05, 4.69) is 63.5 Å². The van der Waals surface area contributed by atoms with Crippen molar-refractivity contribution in [3.63, 3.8) is 0 Å². The maximum absolute atomic E-state index is 12.9. The van der Waals surface area contributed by atoms with E-state index in [4.69, 9.17) is 0 Å². The van der Waals surface area contributed by atoms with E-state index in [1.807, 2.05) is 29.2 Å². The minimum Gasteiger partial charge on any atom is -0.338 e. The molecule has 1 saturated heterocycles. The van der Waals surface area contributed by atoms with Gasteiger partial charge < -0.3 is 9.80 Å². The smallest absolute Gasteiger partial charge is 0.236 e. The maximum atomic E-state index is 12.9. The molecule has 1 N–H and O–H groups in total. The van der Waals surface area contributed by atoms with E-state index in [0.717, 1.165) is 30.2 Å². The first-order chi connectivity index (χ1) is 14.7. The lowest BCUT2D eigenvalue weighted by molar-refractivity contribution is -0.130. The Bertz CT molecular complexity index is 938. The lowest BCUT2D eigenvalue weighted by Crippen LogP contribution is -2.51. The highest BCUT2D eigenvalue weighted by atomic mass is 16.2. The minimum atomic E-state index is -0.0187. The highest BCUT2D eigenvalue weighted by molar-refractivity contribution is 5.78. The quantitative estimate of drug-likeness (QED) is 0.688. The molecule has 0 spiro atoms. The fraction of sp³-hybridized carbons (Fsp3) is 0.292. The number of hydrogen-bond acceptors (Lipinski definition) is 5. The number of hydrogen-bond donors (Lipinski definition) is 1. The Labute approximate surface area is 177 Å². The average molecular weight is 402 g/mol. The van der Waals surface area contributed by atoms with Crippen molar-refractivity contribution in [3.8, 4) is 0 Å². The van der Waals surface area contributed by atoms with E-state index in [1.54, 1.807) is 12.4 Å². The number of carbonyl (C=O) groups excluding carboxylic acids is 1. The summed E-state index contributed by atoms with van der Waals surface area (Å²) in [4.78, 5) is 25.5. The molecule has 0 saturated carbocycles. The Morgan fingerprint density at radius 3 is 2.20 bits per heavy atom. The Morgan fingerprint density at radius 1 is 0.900 bits per heavy atom. The number of aromatic nitrogens is 2. The Hall–Kier alpha value is -3.25. The highest BCUT2D eigenvalue weighted by Gasteiger charge is 2.23. The molecular weight excluding hydrogens is 374 g/mol. The SMILES string of the molecule is Cc1ccc(C(NCC(=O)N2CCN(c3ncccn3)CC2)c2ccccc2)cc1. The summed E-state index contributed by atoms with van der Waals surface area (Å²) in [6.07, 6.45) is 3.50. The molecule has 3 aromatic rings. The number of benzene rings is 2. The van der Waals surface area contributed by atoms with Crippen LogP contribution in [0.5, 0.6) is 0 Å². The normalized spacial score (nSPS) is 15.1. The molecular formula is C24H27N5O. The topological polar surface area (TPSA) is 61.4 Å². The van der Waals surface area contributed by atoms with Crippen molar-refractivity contribution >= 4 is 11.9 Å². The van der Waals surface area contributed by atoms with Gasteiger partial charge in [0.1, 0.15) is 0 Å². The van der Waals surface area contributed by atoms with Gasteiger partial charge in [0.05, 0.1) is 12.6 Å². The molecule has 2 aromatic carbocycles. The van der Waals surface area contributed by atoms with Gasteiger partial charge in [-0.1, -0.05) is 60.2 Å². The van der Waals surface area contributed by atoms with Crippen LogP contribution >= 0.6 is 0 Å². The van der Waals surface area contributed by atoms with Crippen LogP contribution in [0.1, 0.15) is 22.7 Å². The second-order valence-electron chi connectivity index (χ2n) is 7.55. The van der Waals surface area contributed by atoms with Gasteiger partial charge in [0.15, 0.2) is 0 Å². The fourth-order valence-corrected chi connectivity index (χ4v) is 3.74. The number of nitrogens with zero attached hydrogens (tertiary/aromatic N) is 4. The highest BCUT2D eigenvalue weighted by Crippen LogP contribution is 2.22. The van der Waals surface area contributed by atoms with Crippen molar-refractivity contribution in [2.45, 2.75) is 13.0 Å². The van der Waals surface area contributed by atoms with E-state index < -0.39 is 0 Å². The van der Waals surface area contributed by atoms with Gasteiger partial charge in [0.25, 0.3) is 0 Å². The second kappa shape index (κ2) is 9.50. The van der Waals surface area contributed by atoms with Crippen molar-refractivity contribution in [3.05, 3.63) is 89.7 Å². The van der Waals surface area contributed by atoms with Gasteiger partial charge >= 0.3 is 0 Å². The molecule has 4 rings (SSSR count). The van der Waals surface area contributed by atoms with Crippen LogP contribution in [0.2, 0.25) is 0 Å². The number of amides is 1. The molecule has 154 valence electrons. The molecule has 0 bridgehead atoms. The fourth-order valence-electron chi connectivity index (χ4n) is 3.74. The first kappa shape index (κ1) is 20.0. The zero-order valence-electron chi connectivity index (χ0n) is 17.2. The molecule has 6 nitrogen and oxygen atoms in total. The maximum Gasteiger partial charge on any atom is 0.236 e. The monoisotopic (exact) mass is 401 g/mol. The predicted molar refractivity (Wildman–Crippen MR) is 118 cm³/mol. The third-order valence-corrected chi connectivity index (χ3v) is 5.47. The zero-order valence-corrected chi connectivity index (χ0v) is 17.2. The van der Waals surface area contributed by atoms with E-state index in [1.165, 1.54) is 5.56 Å². The molecule has 1 amide bonds. The van der Waals surface area contributed by atoms with Gasteiger partial charge in [-0.05, 0) is 24.1 Å². The Kier molecular flexibility index (Phi) is 6.35. The number of anilines is 1. The van der Waals surface area contributed by atoms with Crippen LogP contribution in [0.3, 0.4) is 0 Å². The molecule has 1 atom stereocenters. The summed E-state index contributed by atoms with van der Waals surface area (Å²) in [6.45, 7) is 5.23. The van der Waals surface area contributed by atoms with Gasteiger partial charge in [-0.25, -0.2) is 9.97 Å². The first-order valence-electron chi connectivity index (χ1n) is 10.4. The predicted octanol–water partition coefficient (Wildman–Crippen LogP) is 2.81. The van der Waals surface area contributed by atoms with E-state index >= 15 is 0 Å². The summed E-state index contributed by atoms with van der Waals surface area (Å²) in [6, 6.07) is 20.5. The van der Waals surface area contributed by atoms with Crippen LogP contribution in [0.15, 0.2) is 73.1 Å². The van der Waals surface area contributed by atoms with Gasteiger partial charge in [-0.15, -0.1) is 0 Å². The third-order valence-electron chi connectivity index (χ3n) is 5.47. The number of aryl methyl sites for hydroxylation is 1. The van der Waals surface area contributed by atoms with Crippen LogP contribution in [0.4, 0.5) is 5.95 Å². The molecule has 1 unspecified atom stereocenters. The number of nitrogens with one attached hydrogen (secondary N) is 1. The lowest BCUT2D eigenvalue weighted by Gasteiger charge is -2.35. The van der Waals surface area contributed by atoms with E-state index in [-0.39, 0.29) is 11.9 Å². The van der Waals surface area contributed by atoms with Gasteiger partial charge in [-0.3, -0.25) is 10.1 Å². The van der Waals surface area contributed by atoms with Crippen LogP contribution < -0.4 is 10.2 Å². The molecule has 1 aromatic heterocycles. The Balaban J connectivity index is 1.38. The average Bonchev–Trinajstić information content (AvgIpc) is 2.81. The molecule has 1 aliphatic heterocycles. The molecule has 0 radical (unpaired) electrons. The first-order valence-corrected chi connectivity index (χ1v) is 10.4. The summed E-state index contributed by atoms with van der Waals surface area (Å²) >= 11 is 0. The van der Waals surface area contributed by atoms with Crippen LogP contribution in [-0.4, -0.2) is 53.5 Å². The standard InChI is InChI=1S/C24H27N5O/c1-19-8-10-21(11-9-19)23(20-6-3-2-4-7-20)27-18-22(30)28-14-16-29(17-15-28)24-25-12-5-13-26-24/h2-13,23,27H,14-18H2,1H3. The largest absolute Gasteiger partial charge is 0.338 e. The third kappa shape index (κ3) is 4.83. The van der Waals surface area contributed by atoms with E-state index in [9.17, 15) is 4.79 Å². The van der Waals surface area contributed by atoms with Crippen molar-refractivity contribution < 1.29 is 4.79 Å². The molecule has 6 heteroatoms. The summed E-state index contributed by atoms with van der Waals surface area (Å²) < 4.78 is 0. The van der Waals surface area contributed by atoms with Crippen LogP contribution in [0.25, 0.3) is 0 Å². The Morgan fingerprint density at radius 2 is 1.53 bits per heavy atom. The van der Waals surface area contributed by atoms with Gasteiger partial charge in [0.2, 0.25) is 11.9 Å². The number of rotatable bonds is 6. The van der Waals surface area contributed by atoms with Crippen LogP contribution in [0, 0.1) is 6.92 Å². The van der Waals surface area contributed by atoms with E-state index in [0.29, 0.717) is 19.6 Å². The van der Waals surface area contributed by atoms with Crippen molar-refractivity contribution in [2.75, 3.05) is 37.6 Å². The molecule has 30 heavy (non-hydrogen) atoms. The van der Waals surface area contributed by atoms with Crippen molar-refractivity contribution in [1.82, 2.24) is 20.2 Å². The number of piperazine rings is 1. The molecule has 2 heterocycles. The molecule has 0 aliphatic carbocycles.